The first-order valence-corrected chi connectivity index (χ1v) is 11.4. The monoisotopic (exact) mass is 406 g/mol. The van der Waals surface area contributed by atoms with E-state index >= 15 is 0 Å². The van der Waals surface area contributed by atoms with Crippen molar-refractivity contribution in [1.29, 1.82) is 0 Å². The van der Waals surface area contributed by atoms with E-state index in [1.807, 2.05) is 12.1 Å². The predicted octanol–water partition coefficient (Wildman–Crippen LogP) is 2.81. The molecule has 28 heavy (non-hydrogen) atoms. The Morgan fingerprint density at radius 2 is 1.86 bits per heavy atom. The normalized spacial score (nSPS) is 30.7. The number of piperazine rings is 1. The van der Waals surface area contributed by atoms with E-state index in [1.165, 1.54) is 37.7 Å². The summed E-state index contributed by atoms with van der Waals surface area (Å²) in [6, 6.07) is 9.79. The van der Waals surface area contributed by atoms with E-state index in [0.717, 1.165) is 50.2 Å². The van der Waals surface area contributed by atoms with Crippen molar-refractivity contribution in [1.82, 2.24) is 20.7 Å². The van der Waals surface area contributed by atoms with Gasteiger partial charge in [-0.2, -0.15) is 0 Å². The molecule has 1 aromatic carbocycles. The highest BCUT2D eigenvalue weighted by atomic mass is 35.5. The number of halogens is 1. The number of hydrazine groups is 1. The van der Waals surface area contributed by atoms with Crippen LogP contribution in [0.2, 0.25) is 5.02 Å². The number of hydrogen-bond acceptors (Lipinski definition) is 5. The molecule has 3 N–H and O–H groups in total. The zero-order chi connectivity index (χ0) is 19.3. The van der Waals surface area contributed by atoms with Gasteiger partial charge < -0.3 is 10.0 Å². The Morgan fingerprint density at radius 3 is 2.61 bits per heavy atom. The average molecular weight is 407 g/mol. The van der Waals surface area contributed by atoms with Crippen LogP contribution in [0.5, 0.6) is 0 Å². The molecule has 3 unspecified atom stereocenters. The summed E-state index contributed by atoms with van der Waals surface area (Å²) in [5.41, 5.74) is 8.12. The first-order chi connectivity index (χ1) is 13.7. The lowest BCUT2D eigenvalue weighted by Crippen LogP contribution is -2.57. The summed E-state index contributed by atoms with van der Waals surface area (Å²) < 4.78 is 0. The van der Waals surface area contributed by atoms with Crippen molar-refractivity contribution < 1.29 is 5.11 Å². The summed E-state index contributed by atoms with van der Waals surface area (Å²) in [5.74, 6) is 0.539. The molecule has 3 atom stereocenters. The largest absolute Gasteiger partial charge is 0.396 e. The molecule has 6 heteroatoms. The third-order valence-corrected chi connectivity index (χ3v) is 7.19. The van der Waals surface area contributed by atoms with Gasteiger partial charge >= 0.3 is 0 Å². The van der Waals surface area contributed by atoms with E-state index in [4.69, 9.17) is 11.6 Å². The van der Waals surface area contributed by atoms with E-state index in [2.05, 4.69) is 32.8 Å². The highest BCUT2D eigenvalue weighted by Gasteiger charge is 2.35. The van der Waals surface area contributed by atoms with Gasteiger partial charge in [-0.3, -0.25) is 10.3 Å². The van der Waals surface area contributed by atoms with E-state index in [9.17, 15) is 5.11 Å². The lowest BCUT2D eigenvalue weighted by Gasteiger charge is -2.47. The first-order valence-electron chi connectivity index (χ1n) is 11.1. The Kier molecular flexibility index (Phi) is 7.26. The summed E-state index contributed by atoms with van der Waals surface area (Å²) in [7, 11) is 0. The zero-order valence-electron chi connectivity index (χ0n) is 16.8. The Morgan fingerprint density at radius 1 is 1.07 bits per heavy atom. The van der Waals surface area contributed by atoms with Gasteiger partial charge in [-0.25, -0.2) is 5.43 Å². The molecule has 2 saturated heterocycles. The minimum atomic E-state index is 0.293. The quantitative estimate of drug-likeness (QED) is 0.678. The smallest absolute Gasteiger partial charge is 0.0515 e. The predicted molar refractivity (Wildman–Crippen MR) is 114 cm³/mol. The molecule has 4 rings (SSSR count). The molecule has 3 fully saturated rings. The molecule has 156 valence electrons. The summed E-state index contributed by atoms with van der Waals surface area (Å²) in [5, 5.41) is 10.4. The maximum absolute atomic E-state index is 9.64. The zero-order valence-corrected chi connectivity index (χ0v) is 17.6. The number of benzene rings is 1. The minimum Gasteiger partial charge on any atom is -0.396 e. The minimum absolute atomic E-state index is 0.293. The standard InChI is InChI=1S/C22H35ClN4O/c23-19-8-6-17(7-9-19)22-18(14-24-25-22)15-26-11-12-27(21(16-26)10-13-28)20-4-2-1-3-5-20/h6-9,18,20-22,24-25,28H,1-5,10-16H2. The lowest BCUT2D eigenvalue weighted by atomic mass is 9.91. The molecular weight excluding hydrogens is 372 g/mol. The van der Waals surface area contributed by atoms with Crippen LogP contribution >= 0.6 is 11.6 Å². The van der Waals surface area contributed by atoms with Crippen LogP contribution in [0.4, 0.5) is 0 Å². The van der Waals surface area contributed by atoms with Gasteiger partial charge in [-0.15, -0.1) is 0 Å². The van der Waals surface area contributed by atoms with E-state index in [-0.39, 0.29) is 0 Å². The van der Waals surface area contributed by atoms with Crippen molar-refractivity contribution in [3.8, 4) is 0 Å². The van der Waals surface area contributed by atoms with Gasteiger partial charge in [-0.05, 0) is 37.0 Å². The second-order valence-electron chi connectivity index (χ2n) is 8.77. The van der Waals surface area contributed by atoms with Gasteiger partial charge in [0.2, 0.25) is 0 Å². The second-order valence-corrected chi connectivity index (χ2v) is 9.21. The first kappa shape index (κ1) is 20.6. The van der Waals surface area contributed by atoms with Crippen LogP contribution in [0.1, 0.15) is 50.1 Å². The van der Waals surface area contributed by atoms with Crippen LogP contribution < -0.4 is 10.9 Å². The lowest BCUT2D eigenvalue weighted by molar-refractivity contribution is 0.0112. The molecule has 0 aromatic heterocycles. The molecule has 0 radical (unpaired) electrons. The van der Waals surface area contributed by atoms with E-state index < -0.39 is 0 Å². The molecule has 3 aliphatic rings. The summed E-state index contributed by atoms with van der Waals surface area (Å²) in [6.07, 6.45) is 7.73. The number of nitrogens with zero attached hydrogens (tertiary/aromatic N) is 2. The van der Waals surface area contributed by atoms with Crippen molar-refractivity contribution in [2.75, 3.05) is 39.3 Å². The highest BCUT2D eigenvalue weighted by molar-refractivity contribution is 6.30. The fourth-order valence-corrected chi connectivity index (χ4v) is 5.59. The maximum Gasteiger partial charge on any atom is 0.0515 e. The number of rotatable bonds is 6. The van der Waals surface area contributed by atoms with E-state index in [1.54, 1.807) is 0 Å². The Hall–Kier alpha value is -0.690. The van der Waals surface area contributed by atoms with Crippen molar-refractivity contribution >= 4 is 11.6 Å². The molecule has 2 heterocycles. The van der Waals surface area contributed by atoms with Crippen molar-refractivity contribution in [2.24, 2.45) is 5.92 Å². The fourth-order valence-electron chi connectivity index (χ4n) is 5.46. The summed E-state index contributed by atoms with van der Waals surface area (Å²) >= 11 is 6.06. The molecule has 0 amide bonds. The topological polar surface area (TPSA) is 50.8 Å². The van der Waals surface area contributed by atoms with Crippen LogP contribution in [-0.4, -0.2) is 66.3 Å². The number of nitrogens with one attached hydrogen (secondary N) is 2. The highest BCUT2D eigenvalue weighted by Crippen LogP contribution is 2.30. The maximum atomic E-state index is 9.64. The number of hydrogen-bond donors (Lipinski definition) is 3. The van der Waals surface area contributed by atoms with Crippen molar-refractivity contribution in [2.45, 2.75) is 56.7 Å². The van der Waals surface area contributed by atoms with E-state index in [0.29, 0.717) is 24.6 Å². The van der Waals surface area contributed by atoms with Gasteiger partial charge in [0.25, 0.3) is 0 Å². The average Bonchev–Trinajstić information content (AvgIpc) is 3.18. The van der Waals surface area contributed by atoms with Crippen LogP contribution in [0.3, 0.4) is 0 Å². The SMILES string of the molecule is OCCC1CN(CC2CNNC2c2ccc(Cl)cc2)CCN1C1CCCCC1. The summed E-state index contributed by atoms with van der Waals surface area (Å²) in [4.78, 5) is 5.36. The Bertz CT molecular complexity index is 607. The molecule has 2 aliphatic heterocycles. The van der Waals surface area contributed by atoms with Crippen LogP contribution in [0.25, 0.3) is 0 Å². The van der Waals surface area contributed by atoms with Crippen molar-refractivity contribution in [3.05, 3.63) is 34.9 Å². The third-order valence-electron chi connectivity index (χ3n) is 6.93. The van der Waals surface area contributed by atoms with Crippen LogP contribution in [-0.2, 0) is 0 Å². The number of aliphatic hydroxyl groups is 1. The summed E-state index contributed by atoms with van der Waals surface area (Å²) in [6.45, 7) is 5.74. The third kappa shape index (κ3) is 4.89. The van der Waals surface area contributed by atoms with Crippen molar-refractivity contribution in [3.63, 3.8) is 0 Å². The molecule has 1 aromatic rings. The molecule has 1 saturated carbocycles. The second kappa shape index (κ2) is 9.88. The van der Waals surface area contributed by atoms with Gasteiger partial charge in [0.15, 0.2) is 0 Å². The van der Waals surface area contributed by atoms with Gasteiger partial charge in [0, 0.05) is 62.4 Å². The molecule has 0 bridgehead atoms. The molecule has 0 spiro atoms. The molecular formula is C22H35ClN4O. The number of aliphatic hydroxyl groups excluding tert-OH is 1. The van der Waals surface area contributed by atoms with Gasteiger partial charge in [0.1, 0.15) is 0 Å². The Labute approximate surface area is 174 Å². The molecule has 5 nitrogen and oxygen atoms in total. The van der Waals surface area contributed by atoms with Gasteiger partial charge in [0.05, 0.1) is 6.04 Å². The Balaban J connectivity index is 1.37. The van der Waals surface area contributed by atoms with Gasteiger partial charge in [-0.1, -0.05) is 43.0 Å². The fraction of sp³-hybridized carbons (Fsp3) is 0.727. The van der Waals surface area contributed by atoms with Crippen LogP contribution in [0.15, 0.2) is 24.3 Å². The van der Waals surface area contributed by atoms with Crippen LogP contribution in [0, 0.1) is 5.92 Å². The molecule has 1 aliphatic carbocycles.